The Kier molecular flexibility index (Phi) is 3.99. The van der Waals surface area contributed by atoms with Crippen molar-refractivity contribution in [3.05, 3.63) is 70.4 Å². The Labute approximate surface area is 178 Å². The molecule has 2 aromatic carbocycles. The molecular formula is C23H17ClN4O2. The van der Waals surface area contributed by atoms with E-state index in [1.807, 2.05) is 31.2 Å². The van der Waals surface area contributed by atoms with Crippen molar-refractivity contribution in [2.45, 2.75) is 18.8 Å². The molecule has 1 atom stereocenters. The first kappa shape index (κ1) is 18.5. The zero-order valence-corrected chi connectivity index (χ0v) is 16.9. The van der Waals surface area contributed by atoms with Crippen molar-refractivity contribution >= 4 is 34.9 Å². The minimum Gasteiger partial charge on any atom is -0.310 e. The van der Waals surface area contributed by atoms with Crippen LogP contribution in [0.2, 0.25) is 5.02 Å². The Morgan fingerprint density at radius 1 is 1.23 bits per heavy atom. The lowest BCUT2D eigenvalue weighted by atomic mass is 9.71. The number of anilines is 2. The summed E-state index contributed by atoms with van der Waals surface area (Å²) in [6, 6.07) is 12.9. The van der Waals surface area contributed by atoms with E-state index in [9.17, 15) is 9.59 Å². The third-order valence-electron chi connectivity index (χ3n) is 5.73. The van der Waals surface area contributed by atoms with Gasteiger partial charge in [0.25, 0.3) is 0 Å². The van der Waals surface area contributed by atoms with Crippen LogP contribution in [0.4, 0.5) is 11.5 Å². The number of amides is 2. The van der Waals surface area contributed by atoms with E-state index in [-0.39, 0.29) is 24.8 Å². The number of aromatic nitrogens is 2. The van der Waals surface area contributed by atoms with Gasteiger partial charge in [0.2, 0.25) is 11.8 Å². The summed E-state index contributed by atoms with van der Waals surface area (Å²) in [5, 5.41) is 7.94. The van der Waals surface area contributed by atoms with Gasteiger partial charge in [0.15, 0.2) is 0 Å². The van der Waals surface area contributed by atoms with E-state index < -0.39 is 5.41 Å². The van der Waals surface area contributed by atoms with Crippen LogP contribution in [0.15, 0.2) is 48.7 Å². The van der Waals surface area contributed by atoms with Crippen LogP contribution >= 0.6 is 11.6 Å². The molecule has 0 aliphatic carbocycles. The minimum absolute atomic E-state index is 0.00238. The molecule has 30 heavy (non-hydrogen) atoms. The Balaban J connectivity index is 1.78. The lowest BCUT2D eigenvalue weighted by molar-refractivity contribution is -0.126. The number of carbonyl (C=O) groups is 2. The van der Waals surface area contributed by atoms with Crippen LogP contribution < -0.4 is 10.2 Å². The van der Waals surface area contributed by atoms with Gasteiger partial charge in [0.05, 0.1) is 18.4 Å². The van der Waals surface area contributed by atoms with Crippen LogP contribution in [0.3, 0.4) is 0 Å². The van der Waals surface area contributed by atoms with Gasteiger partial charge in [-0.25, -0.2) is 4.68 Å². The molecule has 0 unspecified atom stereocenters. The number of hydrogen-bond donors (Lipinski definition) is 1. The summed E-state index contributed by atoms with van der Waals surface area (Å²) < 4.78 is 1.60. The molecule has 0 fully saturated rings. The lowest BCUT2D eigenvalue weighted by Crippen LogP contribution is -2.46. The largest absolute Gasteiger partial charge is 0.310 e. The van der Waals surface area contributed by atoms with Crippen molar-refractivity contribution in [1.29, 1.82) is 0 Å². The molecule has 2 amide bonds. The average molecular weight is 417 g/mol. The van der Waals surface area contributed by atoms with E-state index in [1.54, 1.807) is 34.0 Å². The van der Waals surface area contributed by atoms with E-state index in [0.717, 1.165) is 16.8 Å². The van der Waals surface area contributed by atoms with Gasteiger partial charge in [-0.15, -0.1) is 6.42 Å². The molecule has 0 radical (unpaired) electrons. The predicted molar refractivity (Wildman–Crippen MR) is 115 cm³/mol. The Morgan fingerprint density at radius 2 is 2.07 bits per heavy atom. The first-order valence-corrected chi connectivity index (χ1v) is 9.84. The second-order valence-corrected chi connectivity index (χ2v) is 7.98. The smallest absolute Gasteiger partial charge is 0.243 e. The number of benzene rings is 2. The SMILES string of the molecule is C#CCN1C(=O)[C@]2(CC(=O)Nc3c2cnn3-c2cccc(Cl)c2)c2cc(C)ccc21. The first-order valence-electron chi connectivity index (χ1n) is 9.46. The van der Waals surface area contributed by atoms with Gasteiger partial charge < -0.3 is 5.32 Å². The van der Waals surface area contributed by atoms with Crippen LogP contribution in [0.1, 0.15) is 23.1 Å². The van der Waals surface area contributed by atoms with E-state index in [1.165, 1.54) is 0 Å². The van der Waals surface area contributed by atoms with Crippen LogP contribution in [-0.4, -0.2) is 28.1 Å². The summed E-state index contributed by atoms with van der Waals surface area (Å²) in [5.41, 5.74) is 2.70. The van der Waals surface area contributed by atoms with Gasteiger partial charge in [0, 0.05) is 22.7 Å². The summed E-state index contributed by atoms with van der Waals surface area (Å²) in [7, 11) is 0. The number of carbonyl (C=O) groups excluding carboxylic acids is 2. The maximum atomic E-state index is 13.7. The highest BCUT2D eigenvalue weighted by atomic mass is 35.5. The summed E-state index contributed by atoms with van der Waals surface area (Å²) in [4.78, 5) is 28.2. The van der Waals surface area contributed by atoms with E-state index in [2.05, 4.69) is 16.3 Å². The molecule has 148 valence electrons. The molecule has 2 aliphatic heterocycles. The van der Waals surface area contributed by atoms with E-state index in [4.69, 9.17) is 18.0 Å². The van der Waals surface area contributed by atoms with Crippen molar-refractivity contribution in [3.63, 3.8) is 0 Å². The molecule has 1 aromatic heterocycles. The number of halogens is 1. The summed E-state index contributed by atoms with van der Waals surface area (Å²) in [6.45, 7) is 2.09. The fraction of sp³-hybridized carbons (Fsp3) is 0.174. The number of rotatable bonds is 2. The van der Waals surface area contributed by atoms with Crippen molar-refractivity contribution < 1.29 is 9.59 Å². The fourth-order valence-electron chi connectivity index (χ4n) is 4.46. The minimum atomic E-state index is -1.16. The number of terminal acetylenes is 1. The van der Waals surface area contributed by atoms with Crippen molar-refractivity contribution in [2.75, 3.05) is 16.8 Å². The number of nitrogens with zero attached hydrogens (tertiary/aromatic N) is 3. The van der Waals surface area contributed by atoms with Crippen molar-refractivity contribution in [1.82, 2.24) is 9.78 Å². The highest BCUT2D eigenvalue weighted by Crippen LogP contribution is 2.52. The molecule has 7 heteroatoms. The average Bonchev–Trinajstić information content (AvgIpc) is 3.23. The van der Waals surface area contributed by atoms with Crippen LogP contribution in [0, 0.1) is 19.3 Å². The lowest BCUT2D eigenvalue weighted by Gasteiger charge is -2.32. The maximum Gasteiger partial charge on any atom is 0.243 e. The van der Waals surface area contributed by atoms with Gasteiger partial charge >= 0.3 is 0 Å². The standard InChI is InChI=1S/C23H17ClN4O2/c1-3-9-27-19-8-7-14(2)10-17(19)23(22(27)30)12-20(29)26-21-18(23)13-25-28(21)16-6-4-5-15(24)11-16/h1,4-8,10-11,13H,9,12H2,2H3,(H,26,29)/t23-/m1/s1. The van der Waals surface area contributed by atoms with Gasteiger partial charge in [-0.2, -0.15) is 5.10 Å². The topological polar surface area (TPSA) is 67.2 Å². The molecule has 3 aromatic rings. The van der Waals surface area contributed by atoms with Crippen LogP contribution in [0.5, 0.6) is 0 Å². The highest BCUT2D eigenvalue weighted by molar-refractivity contribution is 6.30. The molecule has 0 bridgehead atoms. The van der Waals surface area contributed by atoms with Gasteiger partial charge in [-0.05, 0) is 36.8 Å². The number of nitrogens with one attached hydrogen (secondary N) is 1. The predicted octanol–water partition coefficient (Wildman–Crippen LogP) is 3.44. The molecule has 6 nitrogen and oxygen atoms in total. The molecule has 1 N–H and O–H groups in total. The Hall–Kier alpha value is -3.56. The highest BCUT2D eigenvalue weighted by Gasteiger charge is 2.57. The van der Waals surface area contributed by atoms with Gasteiger partial charge in [-0.3, -0.25) is 14.5 Å². The van der Waals surface area contributed by atoms with Gasteiger partial charge in [0.1, 0.15) is 11.2 Å². The molecule has 2 aliphatic rings. The quantitative estimate of drug-likeness (QED) is 0.651. The van der Waals surface area contributed by atoms with Crippen molar-refractivity contribution in [2.24, 2.45) is 0 Å². The maximum absolute atomic E-state index is 13.7. The monoisotopic (exact) mass is 416 g/mol. The normalized spacial score (nSPS) is 19.4. The molecule has 5 rings (SSSR count). The van der Waals surface area contributed by atoms with Crippen LogP contribution in [-0.2, 0) is 15.0 Å². The third kappa shape index (κ3) is 2.42. The zero-order chi connectivity index (χ0) is 21.0. The summed E-state index contributed by atoms with van der Waals surface area (Å²) in [5.74, 6) is 2.57. The molecule has 0 saturated heterocycles. The third-order valence-corrected chi connectivity index (χ3v) is 5.96. The van der Waals surface area contributed by atoms with E-state index >= 15 is 0 Å². The summed E-state index contributed by atoms with van der Waals surface area (Å²) >= 11 is 6.15. The van der Waals surface area contributed by atoms with Crippen LogP contribution in [0.25, 0.3) is 5.69 Å². The first-order chi connectivity index (χ1) is 14.5. The Morgan fingerprint density at radius 3 is 2.83 bits per heavy atom. The number of fused-ring (bicyclic) bond motifs is 4. The van der Waals surface area contributed by atoms with Gasteiger partial charge in [-0.1, -0.05) is 41.3 Å². The Bertz CT molecular complexity index is 1270. The molecular weight excluding hydrogens is 400 g/mol. The van der Waals surface area contributed by atoms with E-state index in [0.29, 0.717) is 22.1 Å². The molecule has 1 spiro atoms. The molecule has 3 heterocycles. The molecule has 0 saturated carbocycles. The second-order valence-electron chi connectivity index (χ2n) is 7.54. The zero-order valence-electron chi connectivity index (χ0n) is 16.1. The summed E-state index contributed by atoms with van der Waals surface area (Å²) in [6.07, 6.45) is 7.19. The second kappa shape index (κ2) is 6.48. The fourth-order valence-corrected chi connectivity index (χ4v) is 4.64. The van der Waals surface area contributed by atoms with Crippen molar-refractivity contribution in [3.8, 4) is 18.0 Å². The number of aryl methyl sites for hydroxylation is 1. The number of hydrogen-bond acceptors (Lipinski definition) is 3.